The number of rotatable bonds is 6. The zero-order valence-corrected chi connectivity index (χ0v) is 13.2. The molecule has 1 fully saturated rings. The number of hydrogen-bond donors (Lipinski definition) is 2. The van der Waals surface area contributed by atoms with Gasteiger partial charge in [-0.2, -0.15) is 0 Å². The number of amides is 2. The average Bonchev–Trinajstić information content (AvgIpc) is 2.46. The van der Waals surface area contributed by atoms with Crippen LogP contribution in [0.25, 0.3) is 0 Å². The molecule has 116 valence electrons. The van der Waals surface area contributed by atoms with Crippen LogP contribution >= 0.6 is 0 Å². The minimum atomic E-state index is -0.441. The number of carbonyl (C=O) groups is 2. The Balaban J connectivity index is 2.36. The molecule has 0 saturated carbocycles. The Bertz CT molecular complexity index is 327. The zero-order chi connectivity index (χ0) is 15.1. The van der Waals surface area contributed by atoms with Crippen molar-refractivity contribution >= 4 is 11.8 Å². The SMILES string of the molecule is CCN(C)C(=O)C(C)NC(=O)CC(C)C1CCCNC1. The molecule has 2 N–H and O–H groups in total. The van der Waals surface area contributed by atoms with Crippen molar-refractivity contribution in [1.82, 2.24) is 15.5 Å². The molecule has 0 aromatic carbocycles. The van der Waals surface area contributed by atoms with Gasteiger partial charge >= 0.3 is 0 Å². The molecule has 0 spiro atoms. The van der Waals surface area contributed by atoms with Crippen LogP contribution in [0.1, 0.15) is 40.0 Å². The lowest BCUT2D eigenvalue weighted by Crippen LogP contribution is -2.46. The largest absolute Gasteiger partial charge is 0.345 e. The first-order valence-electron chi connectivity index (χ1n) is 7.70. The van der Waals surface area contributed by atoms with E-state index in [4.69, 9.17) is 0 Å². The first-order valence-corrected chi connectivity index (χ1v) is 7.70. The maximum absolute atomic E-state index is 12.0. The number of likely N-dealkylation sites (N-methyl/N-ethyl adjacent to an activating group) is 1. The highest BCUT2D eigenvalue weighted by molar-refractivity contribution is 5.87. The molecule has 5 heteroatoms. The zero-order valence-electron chi connectivity index (χ0n) is 13.2. The van der Waals surface area contributed by atoms with E-state index in [1.165, 1.54) is 12.8 Å². The lowest BCUT2D eigenvalue weighted by Gasteiger charge is -2.28. The molecule has 1 rings (SSSR count). The van der Waals surface area contributed by atoms with Crippen molar-refractivity contribution in [2.24, 2.45) is 11.8 Å². The van der Waals surface area contributed by atoms with E-state index < -0.39 is 6.04 Å². The van der Waals surface area contributed by atoms with Gasteiger partial charge in [-0.1, -0.05) is 6.92 Å². The van der Waals surface area contributed by atoms with Crippen molar-refractivity contribution in [3.8, 4) is 0 Å². The normalized spacial score (nSPS) is 21.9. The maximum atomic E-state index is 12.0. The summed E-state index contributed by atoms with van der Waals surface area (Å²) in [5.41, 5.74) is 0. The molecular formula is C15H29N3O2. The minimum absolute atomic E-state index is 0.0200. The molecule has 1 heterocycles. The third kappa shape index (κ3) is 5.12. The Hall–Kier alpha value is -1.10. The minimum Gasteiger partial charge on any atom is -0.345 e. The summed E-state index contributed by atoms with van der Waals surface area (Å²) in [5, 5.41) is 6.19. The Labute approximate surface area is 122 Å². The van der Waals surface area contributed by atoms with E-state index in [9.17, 15) is 9.59 Å². The number of nitrogens with one attached hydrogen (secondary N) is 2. The van der Waals surface area contributed by atoms with E-state index in [2.05, 4.69) is 17.6 Å². The molecule has 0 aliphatic carbocycles. The fourth-order valence-electron chi connectivity index (χ4n) is 2.67. The first-order chi connectivity index (χ1) is 9.45. The van der Waals surface area contributed by atoms with Gasteiger partial charge in [0.15, 0.2) is 0 Å². The van der Waals surface area contributed by atoms with E-state index in [0.717, 1.165) is 13.1 Å². The van der Waals surface area contributed by atoms with Gasteiger partial charge in [0.25, 0.3) is 0 Å². The second-order valence-corrected chi connectivity index (χ2v) is 5.93. The molecule has 0 aromatic rings. The standard InChI is InChI=1S/C15H29N3O2/c1-5-18(4)15(20)12(3)17-14(19)9-11(2)13-7-6-8-16-10-13/h11-13,16H,5-10H2,1-4H3,(H,17,19). The van der Waals surface area contributed by atoms with Crippen LogP contribution in [0, 0.1) is 11.8 Å². The lowest BCUT2D eigenvalue weighted by atomic mass is 9.85. The average molecular weight is 283 g/mol. The molecule has 0 bridgehead atoms. The summed E-state index contributed by atoms with van der Waals surface area (Å²) in [5.74, 6) is 0.870. The smallest absolute Gasteiger partial charge is 0.244 e. The Morgan fingerprint density at radius 3 is 2.65 bits per heavy atom. The Morgan fingerprint density at radius 1 is 1.40 bits per heavy atom. The molecule has 3 atom stereocenters. The van der Waals surface area contributed by atoms with E-state index >= 15 is 0 Å². The van der Waals surface area contributed by atoms with Crippen LogP contribution in [0.5, 0.6) is 0 Å². The van der Waals surface area contributed by atoms with Crippen molar-refractivity contribution in [3.63, 3.8) is 0 Å². The van der Waals surface area contributed by atoms with Crippen LogP contribution in [0.3, 0.4) is 0 Å². The lowest BCUT2D eigenvalue weighted by molar-refractivity contribution is -0.135. The van der Waals surface area contributed by atoms with Crippen molar-refractivity contribution in [2.75, 3.05) is 26.7 Å². The highest BCUT2D eigenvalue weighted by Gasteiger charge is 2.24. The summed E-state index contributed by atoms with van der Waals surface area (Å²) in [6, 6.07) is -0.441. The quantitative estimate of drug-likeness (QED) is 0.764. The monoisotopic (exact) mass is 283 g/mol. The molecule has 2 amide bonds. The molecule has 0 aromatic heterocycles. The summed E-state index contributed by atoms with van der Waals surface area (Å²) in [6.07, 6.45) is 2.88. The molecule has 3 unspecified atom stereocenters. The topological polar surface area (TPSA) is 61.4 Å². The summed E-state index contributed by atoms with van der Waals surface area (Å²) in [7, 11) is 1.75. The third-order valence-corrected chi connectivity index (χ3v) is 4.25. The predicted octanol–water partition coefficient (Wildman–Crippen LogP) is 0.995. The van der Waals surface area contributed by atoms with Gasteiger partial charge in [0.05, 0.1) is 0 Å². The van der Waals surface area contributed by atoms with Gasteiger partial charge in [-0.15, -0.1) is 0 Å². The molecule has 1 aliphatic heterocycles. The van der Waals surface area contributed by atoms with Crippen LogP contribution in [0.4, 0.5) is 0 Å². The molecule has 1 saturated heterocycles. The summed E-state index contributed by atoms with van der Waals surface area (Å²) in [6.45, 7) is 8.54. The second-order valence-electron chi connectivity index (χ2n) is 5.93. The van der Waals surface area contributed by atoms with Gasteiger partial charge in [-0.25, -0.2) is 0 Å². The van der Waals surface area contributed by atoms with Crippen LogP contribution in [-0.4, -0.2) is 49.4 Å². The van der Waals surface area contributed by atoms with E-state index in [1.54, 1.807) is 18.9 Å². The van der Waals surface area contributed by atoms with Gasteiger partial charge in [0, 0.05) is 20.0 Å². The third-order valence-electron chi connectivity index (χ3n) is 4.25. The fourth-order valence-corrected chi connectivity index (χ4v) is 2.67. The van der Waals surface area contributed by atoms with Gasteiger partial charge in [-0.3, -0.25) is 9.59 Å². The van der Waals surface area contributed by atoms with Gasteiger partial charge in [-0.05, 0) is 51.6 Å². The molecule has 20 heavy (non-hydrogen) atoms. The fraction of sp³-hybridized carbons (Fsp3) is 0.867. The van der Waals surface area contributed by atoms with Crippen LogP contribution < -0.4 is 10.6 Å². The van der Waals surface area contributed by atoms with Crippen molar-refractivity contribution in [1.29, 1.82) is 0 Å². The first kappa shape index (κ1) is 17.0. The maximum Gasteiger partial charge on any atom is 0.244 e. The number of piperidine rings is 1. The van der Waals surface area contributed by atoms with E-state index in [0.29, 0.717) is 24.8 Å². The molecule has 1 aliphatic rings. The van der Waals surface area contributed by atoms with Crippen molar-refractivity contribution < 1.29 is 9.59 Å². The van der Waals surface area contributed by atoms with Crippen molar-refractivity contribution in [2.45, 2.75) is 46.1 Å². The summed E-state index contributed by atoms with van der Waals surface area (Å²) < 4.78 is 0. The second kappa shape index (κ2) is 8.25. The molecule has 0 radical (unpaired) electrons. The van der Waals surface area contributed by atoms with E-state index in [1.807, 2.05) is 6.92 Å². The van der Waals surface area contributed by atoms with Gasteiger partial charge in [0.1, 0.15) is 6.04 Å². The molecular weight excluding hydrogens is 254 g/mol. The van der Waals surface area contributed by atoms with E-state index in [-0.39, 0.29) is 11.8 Å². The predicted molar refractivity (Wildman–Crippen MR) is 80.3 cm³/mol. The number of nitrogens with zero attached hydrogens (tertiary/aromatic N) is 1. The summed E-state index contributed by atoms with van der Waals surface area (Å²) >= 11 is 0. The Morgan fingerprint density at radius 2 is 2.10 bits per heavy atom. The van der Waals surface area contributed by atoms with Gasteiger partial charge in [0.2, 0.25) is 11.8 Å². The highest BCUT2D eigenvalue weighted by atomic mass is 16.2. The number of hydrogen-bond acceptors (Lipinski definition) is 3. The number of carbonyl (C=O) groups excluding carboxylic acids is 2. The Kier molecular flexibility index (Phi) is 6.99. The van der Waals surface area contributed by atoms with Crippen LogP contribution in [0.2, 0.25) is 0 Å². The highest BCUT2D eigenvalue weighted by Crippen LogP contribution is 2.22. The van der Waals surface area contributed by atoms with Crippen LogP contribution in [-0.2, 0) is 9.59 Å². The van der Waals surface area contributed by atoms with Crippen LogP contribution in [0.15, 0.2) is 0 Å². The van der Waals surface area contributed by atoms with Gasteiger partial charge < -0.3 is 15.5 Å². The molecule has 5 nitrogen and oxygen atoms in total. The summed E-state index contributed by atoms with van der Waals surface area (Å²) in [4.78, 5) is 25.5. The van der Waals surface area contributed by atoms with Crippen molar-refractivity contribution in [3.05, 3.63) is 0 Å².